The lowest BCUT2D eigenvalue weighted by Crippen LogP contribution is -2.29. The molecule has 2 aromatic carbocycles. The van der Waals surface area contributed by atoms with Crippen molar-refractivity contribution >= 4 is 49.8 Å². The van der Waals surface area contributed by atoms with E-state index in [1.165, 1.54) is 16.2 Å². The molecule has 1 saturated heterocycles. The van der Waals surface area contributed by atoms with Crippen LogP contribution in [0.3, 0.4) is 0 Å². The summed E-state index contributed by atoms with van der Waals surface area (Å²) < 4.78 is 13.7. The number of aliphatic hydroxyl groups excluding tert-OH is 1. The Kier molecular flexibility index (Phi) is 6.26. The number of fused-ring (bicyclic) bond motifs is 2. The van der Waals surface area contributed by atoms with E-state index in [2.05, 4.69) is 9.97 Å². The van der Waals surface area contributed by atoms with Gasteiger partial charge in [0.1, 0.15) is 22.8 Å². The molecule has 0 saturated carbocycles. The van der Waals surface area contributed by atoms with Gasteiger partial charge in [0, 0.05) is 6.20 Å². The maximum absolute atomic E-state index is 13.7. The predicted molar refractivity (Wildman–Crippen MR) is 153 cm³/mol. The van der Waals surface area contributed by atoms with Crippen molar-refractivity contribution in [3.8, 4) is 11.5 Å². The normalized spacial score (nSPS) is 16.8. The van der Waals surface area contributed by atoms with E-state index in [0.717, 1.165) is 10.3 Å². The van der Waals surface area contributed by atoms with Crippen molar-refractivity contribution in [2.24, 2.45) is 0 Å². The molecule has 3 aromatic heterocycles. The summed E-state index contributed by atoms with van der Waals surface area (Å²) in [4.78, 5) is 38.1. The number of imidazole rings is 1. The first kappa shape index (κ1) is 25.6. The third kappa shape index (κ3) is 3.99. The molecule has 1 unspecified atom stereocenters. The van der Waals surface area contributed by atoms with Crippen LogP contribution in [0.2, 0.25) is 0 Å². The highest BCUT2D eigenvalue weighted by molar-refractivity contribution is 7.22. The maximum Gasteiger partial charge on any atom is 0.301 e. The first-order chi connectivity index (χ1) is 19.3. The lowest BCUT2D eigenvalue weighted by molar-refractivity contribution is -0.132. The van der Waals surface area contributed by atoms with Crippen LogP contribution in [0.5, 0.6) is 11.5 Å². The highest BCUT2D eigenvalue weighted by atomic mass is 32.1. The zero-order valence-electron chi connectivity index (χ0n) is 22.3. The molecular formula is C30H26N4O5S. The number of amides is 1. The second-order valence-corrected chi connectivity index (χ2v) is 10.4. The minimum atomic E-state index is -0.951. The number of methoxy groups -OCH3 is 1. The number of pyridine rings is 1. The highest BCUT2D eigenvalue weighted by Crippen LogP contribution is 2.45. The third-order valence-electron chi connectivity index (χ3n) is 7.03. The van der Waals surface area contributed by atoms with E-state index in [1.54, 1.807) is 43.5 Å². The lowest BCUT2D eigenvalue weighted by Gasteiger charge is -2.23. The number of ether oxygens (including phenoxy) is 2. The number of anilines is 1. The van der Waals surface area contributed by atoms with Gasteiger partial charge in [0.2, 0.25) is 0 Å². The van der Waals surface area contributed by atoms with Crippen molar-refractivity contribution in [2.75, 3.05) is 18.6 Å². The molecular weight excluding hydrogens is 528 g/mol. The number of hydrogen-bond acceptors (Lipinski definition) is 8. The molecule has 202 valence electrons. The standard InChI is InChI=1S/C30H26N4O5S/c1-5-39-20-10-6-9-18(14-20)25-23(26(35)24-17(3)33-13-7-8-16(2)28(33)32-24)27(36)29(37)34(25)30-31-21-12-11-19(38-4)15-22(21)40-30/h6-15,25,35H,5H2,1-4H3/b26-23+. The Morgan fingerprint density at radius 3 is 2.62 bits per heavy atom. The van der Waals surface area contributed by atoms with Crippen LogP contribution in [0.25, 0.3) is 21.6 Å². The number of nitrogens with zero attached hydrogens (tertiary/aromatic N) is 4. The molecule has 1 fully saturated rings. The highest BCUT2D eigenvalue weighted by Gasteiger charge is 2.48. The molecule has 5 aromatic rings. The fourth-order valence-electron chi connectivity index (χ4n) is 5.08. The lowest BCUT2D eigenvalue weighted by atomic mass is 9.96. The van der Waals surface area contributed by atoms with E-state index in [4.69, 9.17) is 9.47 Å². The van der Waals surface area contributed by atoms with Gasteiger partial charge in [-0.3, -0.25) is 14.5 Å². The van der Waals surface area contributed by atoms with Gasteiger partial charge < -0.3 is 19.0 Å². The molecule has 1 aliphatic heterocycles. The number of thiazole rings is 1. The molecule has 0 bridgehead atoms. The molecule has 1 aliphatic rings. The number of ketones is 1. The zero-order chi connectivity index (χ0) is 28.1. The summed E-state index contributed by atoms with van der Waals surface area (Å²) in [6.07, 6.45) is 1.85. The van der Waals surface area contributed by atoms with Crippen molar-refractivity contribution in [3.63, 3.8) is 0 Å². The number of aryl methyl sites for hydroxylation is 2. The van der Waals surface area contributed by atoms with Crippen LogP contribution >= 0.6 is 11.3 Å². The number of hydrogen-bond donors (Lipinski definition) is 1. The summed E-state index contributed by atoms with van der Waals surface area (Å²) in [5, 5.41) is 12.0. The maximum atomic E-state index is 13.7. The van der Waals surface area contributed by atoms with Crippen LogP contribution in [0.1, 0.15) is 35.5 Å². The van der Waals surface area contributed by atoms with Crippen LogP contribution in [-0.2, 0) is 9.59 Å². The number of aliphatic hydroxyl groups is 1. The van der Waals surface area contributed by atoms with Gasteiger partial charge in [0.15, 0.2) is 10.9 Å². The summed E-state index contributed by atoms with van der Waals surface area (Å²) in [5.74, 6) is -0.690. The summed E-state index contributed by atoms with van der Waals surface area (Å²) >= 11 is 1.27. The number of aromatic nitrogens is 3. The SMILES string of the molecule is CCOc1cccc(C2/C(=C(\O)c3nc4c(C)cccn4c3C)C(=O)C(=O)N2c2nc3ccc(OC)cc3s2)c1. The number of carbonyl (C=O) groups excluding carboxylic acids is 2. The summed E-state index contributed by atoms with van der Waals surface area (Å²) in [6, 6.07) is 15.5. The summed E-state index contributed by atoms with van der Waals surface area (Å²) in [5.41, 5.74) is 3.67. The number of benzene rings is 2. The van der Waals surface area contributed by atoms with Gasteiger partial charge in [-0.25, -0.2) is 9.97 Å². The van der Waals surface area contributed by atoms with E-state index < -0.39 is 17.7 Å². The third-order valence-corrected chi connectivity index (χ3v) is 8.05. The Balaban J connectivity index is 1.59. The van der Waals surface area contributed by atoms with Gasteiger partial charge >= 0.3 is 5.91 Å². The van der Waals surface area contributed by atoms with Gasteiger partial charge in [-0.05, 0) is 68.3 Å². The smallest absolute Gasteiger partial charge is 0.301 e. The minimum absolute atomic E-state index is 0.0559. The van der Waals surface area contributed by atoms with Crippen LogP contribution < -0.4 is 14.4 Å². The average Bonchev–Trinajstić information content (AvgIpc) is 3.61. The Hall–Kier alpha value is -4.70. The first-order valence-electron chi connectivity index (χ1n) is 12.7. The molecule has 0 spiro atoms. The number of rotatable bonds is 6. The molecule has 1 atom stereocenters. The molecule has 4 heterocycles. The minimum Gasteiger partial charge on any atom is -0.505 e. The van der Waals surface area contributed by atoms with Crippen molar-refractivity contribution < 1.29 is 24.2 Å². The molecule has 6 rings (SSSR count). The molecule has 9 nitrogen and oxygen atoms in total. The van der Waals surface area contributed by atoms with Crippen LogP contribution in [0.4, 0.5) is 5.13 Å². The molecule has 0 radical (unpaired) electrons. The van der Waals surface area contributed by atoms with Gasteiger partial charge in [0.05, 0.1) is 41.2 Å². The molecule has 40 heavy (non-hydrogen) atoms. The van der Waals surface area contributed by atoms with Gasteiger partial charge in [-0.2, -0.15) is 0 Å². The van der Waals surface area contributed by atoms with Crippen molar-refractivity contribution in [2.45, 2.75) is 26.8 Å². The van der Waals surface area contributed by atoms with Crippen LogP contribution in [0.15, 0.2) is 66.4 Å². The van der Waals surface area contributed by atoms with Crippen molar-refractivity contribution in [3.05, 3.63) is 88.9 Å². The largest absolute Gasteiger partial charge is 0.505 e. The van der Waals surface area contributed by atoms with Gasteiger partial charge in [-0.1, -0.05) is 29.5 Å². The predicted octanol–water partition coefficient (Wildman–Crippen LogP) is 5.59. The average molecular weight is 555 g/mol. The number of Topliss-reactive ketones (excluding diaryl/α,β-unsaturated/α-hetero) is 1. The molecule has 0 aliphatic carbocycles. The first-order valence-corrected chi connectivity index (χ1v) is 13.6. The molecule has 1 N–H and O–H groups in total. The quantitative estimate of drug-likeness (QED) is 0.166. The monoisotopic (exact) mass is 554 g/mol. The Morgan fingerprint density at radius 1 is 1.05 bits per heavy atom. The number of carbonyl (C=O) groups is 2. The second kappa shape index (κ2) is 9.80. The topological polar surface area (TPSA) is 106 Å². The fourth-order valence-corrected chi connectivity index (χ4v) is 6.10. The van der Waals surface area contributed by atoms with Gasteiger partial charge in [-0.15, -0.1) is 0 Å². The summed E-state index contributed by atoms with van der Waals surface area (Å²) in [6.45, 7) is 6.06. The van der Waals surface area contributed by atoms with E-state index in [9.17, 15) is 14.7 Å². The Labute approximate surface area is 233 Å². The van der Waals surface area contributed by atoms with Crippen molar-refractivity contribution in [1.29, 1.82) is 0 Å². The van der Waals surface area contributed by atoms with Crippen molar-refractivity contribution in [1.82, 2.24) is 14.4 Å². The van der Waals surface area contributed by atoms with E-state index in [-0.39, 0.29) is 17.0 Å². The van der Waals surface area contributed by atoms with Crippen LogP contribution in [0, 0.1) is 13.8 Å². The van der Waals surface area contributed by atoms with E-state index in [0.29, 0.717) is 45.7 Å². The van der Waals surface area contributed by atoms with E-state index in [1.807, 2.05) is 49.6 Å². The second-order valence-electron chi connectivity index (χ2n) is 9.44. The van der Waals surface area contributed by atoms with Crippen LogP contribution in [-0.4, -0.2) is 44.9 Å². The Bertz CT molecular complexity index is 1850. The van der Waals surface area contributed by atoms with Gasteiger partial charge in [0.25, 0.3) is 5.78 Å². The molecule has 1 amide bonds. The zero-order valence-corrected chi connectivity index (χ0v) is 23.2. The molecule has 10 heteroatoms. The fraction of sp³-hybridized carbons (Fsp3) is 0.200. The van der Waals surface area contributed by atoms with E-state index >= 15 is 0 Å². The Morgan fingerprint density at radius 2 is 1.88 bits per heavy atom. The summed E-state index contributed by atoms with van der Waals surface area (Å²) in [7, 11) is 1.58.